The van der Waals surface area contributed by atoms with Gasteiger partial charge in [-0.15, -0.1) is 11.3 Å². The number of anilines is 2. The van der Waals surface area contributed by atoms with Gasteiger partial charge in [0.2, 0.25) is 12.4 Å². The standard InChI is InChI=1S/C23H28F2N6O2S2/c1-10-15(22-30-17-14(35-22)5-6-26-16(17)11-3-4-11)21(31-23(28-10)27-7-8-34-2)29-13-9-12(20(24)25)18(32)19(13)33/h5-6,11-13,18-20,32-33H,3-4,7-9H2,1-2H3,(H2,27,28,29,31)/t12-,13+,18+,19-/m0/s1. The number of aryl methyl sites for hydroxylation is 1. The Hall–Kier alpha value is -2.15. The van der Waals surface area contributed by atoms with E-state index in [9.17, 15) is 19.0 Å². The zero-order valence-electron chi connectivity index (χ0n) is 19.4. The van der Waals surface area contributed by atoms with E-state index in [1.54, 1.807) is 18.0 Å². The second-order valence-electron chi connectivity index (χ2n) is 9.08. The number of thioether (sulfide) groups is 1. The second kappa shape index (κ2) is 10.1. The number of hydrogen-bond acceptors (Lipinski definition) is 10. The lowest BCUT2D eigenvalue weighted by Crippen LogP contribution is -2.36. The SMILES string of the molecule is CSCCNc1nc(C)c(-c2nc3c(C4CC4)nccc3s2)c(N[C@@H]2C[C@H](C(F)F)[C@@H](O)[C@H]2O)n1. The molecule has 0 saturated heterocycles. The maximum atomic E-state index is 13.4. The van der Waals surface area contributed by atoms with Crippen LogP contribution in [0.4, 0.5) is 20.5 Å². The van der Waals surface area contributed by atoms with Gasteiger partial charge in [-0.1, -0.05) is 0 Å². The third kappa shape index (κ3) is 4.93. The summed E-state index contributed by atoms with van der Waals surface area (Å²) in [5.74, 6) is 0.805. The van der Waals surface area contributed by atoms with Crippen molar-refractivity contribution in [3.05, 3.63) is 23.7 Å². The maximum absolute atomic E-state index is 13.4. The molecule has 0 unspecified atom stereocenters. The first-order valence-electron chi connectivity index (χ1n) is 11.7. The molecule has 2 fully saturated rings. The number of thiazole rings is 1. The van der Waals surface area contributed by atoms with E-state index in [4.69, 9.17) is 4.98 Å². The molecule has 2 aliphatic carbocycles. The molecule has 3 heterocycles. The van der Waals surface area contributed by atoms with Crippen molar-refractivity contribution in [2.24, 2.45) is 5.92 Å². The van der Waals surface area contributed by atoms with E-state index < -0.39 is 30.6 Å². The number of alkyl halides is 2. The number of nitrogens with one attached hydrogen (secondary N) is 2. The number of halogens is 2. The predicted molar refractivity (Wildman–Crippen MR) is 136 cm³/mol. The van der Waals surface area contributed by atoms with Crippen LogP contribution in [0.3, 0.4) is 0 Å². The Balaban J connectivity index is 1.54. The number of aromatic nitrogens is 4. The summed E-state index contributed by atoms with van der Waals surface area (Å²) < 4.78 is 27.8. The lowest BCUT2D eigenvalue weighted by atomic mass is 10.1. The number of pyridine rings is 1. The van der Waals surface area contributed by atoms with E-state index in [2.05, 4.69) is 25.6 Å². The summed E-state index contributed by atoms with van der Waals surface area (Å²) in [6.45, 7) is 2.52. The molecule has 4 atom stereocenters. The van der Waals surface area contributed by atoms with Crippen molar-refractivity contribution in [2.45, 2.75) is 56.8 Å². The van der Waals surface area contributed by atoms with E-state index in [-0.39, 0.29) is 6.42 Å². The summed E-state index contributed by atoms with van der Waals surface area (Å²) in [5, 5.41) is 27.7. The molecule has 35 heavy (non-hydrogen) atoms. The summed E-state index contributed by atoms with van der Waals surface area (Å²) in [4.78, 5) is 18.7. The first kappa shape index (κ1) is 24.5. The molecule has 8 nitrogen and oxygen atoms in total. The average Bonchev–Trinajstić information content (AvgIpc) is 3.52. The fourth-order valence-corrected chi connectivity index (χ4v) is 5.92. The number of rotatable bonds is 9. The Morgan fingerprint density at radius 3 is 2.69 bits per heavy atom. The average molecular weight is 523 g/mol. The van der Waals surface area contributed by atoms with Gasteiger partial charge >= 0.3 is 0 Å². The fraction of sp³-hybridized carbons (Fsp3) is 0.565. The van der Waals surface area contributed by atoms with Crippen molar-refractivity contribution in [2.75, 3.05) is 29.2 Å². The number of aliphatic hydroxyl groups excluding tert-OH is 2. The minimum Gasteiger partial charge on any atom is -0.390 e. The van der Waals surface area contributed by atoms with Crippen LogP contribution in [0.25, 0.3) is 20.8 Å². The van der Waals surface area contributed by atoms with Crippen LogP contribution in [0, 0.1) is 12.8 Å². The van der Waals surface area contributed by atoms with Crippen LogP contribution in [0.5, 0.6) is 0 Å². The maximum Gasteiger partial charge on any atom is 0.244 e. The quantitative estimate of drug-likeness (QED) is 0.311. The van der Waals surface area contributed by atoms with Crippen LogP contribution in [0.15, 0.2) is 12.3 Å². The molecule has 2 aliphatic rings. The number of fused-ring (bicyclic) bond motifs is 1. The van der Waals surface area contributed by atoms with Crippen LogP contribution in [0.2, 0.25) is 0 Å². The van der Waals surface area contributed by atoms with Gasteiger partial charge in [-0.3, -0.25) is 4.98 Å². The van der Waals surface area contributed by atoms with Gasteiger partial charge in [0.15, 0.2) is 0 Å². The summed E-state index contributed by atoms with van der Waals surface area (Å²) in [7, 11) is 0. The summed E-state index contributed by atoms with van der Waals surface area (Å²) in [5.41, 5.74) is 3.21. The molecular weight excluding hydrogens is 494 g/mol. The Bertz CT molecular complexity index is 1210. The molecule has 188 valence electrons. The van der Waals surface area contributed by atoms with Gasteiger partial charge in [0, 0.05) is 24.4 Å². The van der Waals surface area contributed by atoms with Crippen molar-refractivity contribution in [3.8, 4) is 10.6 Å². The second-order valence-corrected chi connectivity index (χ2v) is 11.1. The lowest BCUT2D eigenvalue weighted by Gasteiger charge is -2.21. The van der Waals surface area contributed by atoms with E-state index >= 15 is 0 Å². The summed E-state index contributed by atoms with van der Waals surface area (Å²) in [6, 6.07) is 1.16. The van der Waals surface area contributed by atoms with E-state index in [1.807, 2.05) is 19.2 Å². The van der Waals surface area contributed by atoms with Crippen LogP contribution in [-0.2, 0) is 0 Å². The molecule has 0 aromatic carbocycles. The molecule has 3 aromatic rings. The van der Waals surface area contributed by atoms with E-state index in [1.165, 1.54) is 11.3 Å². The highest BCUT2D eigenvalue weighted by Gasteiger charge is 2.46. The summed E-state index contributed by atoms with van der Waals surface area (Å²) >= 11 is 3.19. The van der Waals surface area contributed by atoms with Gasteiger partial charge < -0.3 is 20.8 Å². The summed E-state index contributed by atoms with van der Waals surface area (Å²) in [6.07, 6.45) is 0.384. The molecule has 12 heteroatoms. The Kier molecular flexibility index (Phi) is 7.06. The molecule has 0 spiro atoms. The number of hydrogen-bond donors (Lipinski definition) is 4. The highest BCUT2D eigenvalue weighted by atomic mass is 32.2. The van der Waals surface area contributed by atoms with Gasteiger partial charge in [-0.25, -0.2) is 18.7 Å². The van der Waals surface area contributed by atoms with Crippen LogP contribution in [-0.4, -0.2) is 73.4 Å². The minimum atomic E-state index is -2.72. The van der Waals surface area contributed by atoms with Gasteiger partial charge in [0.05, 0.1) is 39.7 Å². The Labute approximate surface area is 210 Å². The van der Waals surface area contributed by atoms with Crippen molar-refractivity contribution < 1.29 is 19.0 Å². The van der Waals surface area contributed by atoms with Crippen LogP contribution < -0.4 is 10.6 Å². The van der Waals surface area contributed by atoms with Crippen LogP contribution in [0.1, 0.15) is 36.6 Å². The Morgan fingerprint density at radius 1 is 1.20 bits per heavy atom. The first-order valence-corrected chi connectivity index (χ1v) is 13.9. The molecule has 2 saturated carbocycles. The third-order valence-corrected chi connectivity index (χ3v) is 8.22. The van der Waals surface area contributed by atoms with E-state index in [0.717, 1.165) is 34.5 Å². The van der Waals surface area contributed by atoms with E-state index in [0.29, 0.717) is 40.5 Å². The van der Waals surface area contributed by atoms with Crippen molar-refractivity contribution >= 4 is 45.1 Å². The molecule has 0 bridgehead atoms. The highest BCUT2D eigenvalue weighted by Crippen LogP contribution is 2.44. The normalized spacial score (nSPS) is 24.4. The molecule has 3 aromatic heterocycles. The smallest absolute Gasteiger partial charge is 0.244 e. The minimum absolute atomic E-state index is 0.0761. The molecule has 0 aliphatic heterocycles. The monoisotopic (exact) mass is 522 g/mol. The lowest BCUT2D eigenvalue weighted by molar-refractivity contribution is -0.0333. The number of nitrogens with zero attached hydrogens (tertiary/aromatic N) is 4. The fourth-order valence-electron chi connectivity index (χ4n) is 4.55. The highest BCUT2D eigenvalue weighted by molar-refractivity contribution is 7.98. The molecule has 0 amide bonds. The molecular formula is C23H28F2N6O2S2. The van der Waals surface area contributed by atoms with Crippen LogP contribution >= 0.6 is 23.1 Å². The van der Waals surface area contributed by atoms with Crippen molar-refractivity contribution in [1.29, 1.82) is 0 Å². The number of aliphatic hydroxyl groups is 2. The van der Waals surface area contributed by atoms with Gasteiger partial charge in [0.1, 0.15) is 22.4 Å². The van der Waals surface area contributed by atoms with Crippen molar-refractivity contribution in [1.82, 2.24) is 19.9 Å². The Morgan fingerprint density at radius 2 is 2.00 bits per heavy atom. The topological polar surface area (TPSA) is 116 Å². The predicted octanol–water partition coefficient (Wildman–Crippen LogP) is 3.90. The first-order chi connectivity index (χ1) is 16.9. The molecule has 0 radical (unpaired) electrons. The van der Waals surface area contributed by atoms with Gasteiger partial charge in [-0.05, 0) is 38.5 Å². The molecule has 5 rings (SSSR count). The largest absolute Gasteiger partial charge is 0.390 e. The zero-order chi connectivity index (χ0) is 24.7. The van der Waals surface area contributed by atoms with Crippen molar-refractivity contribution in [3.63, 3.8) is 0 Å². The van der Waals surface area contributed by atoms with Gasteiger partial charge in [-0.2, -0.15) is 16.7 Å². The third-order valence-electron chi connectivity index (χ3n) is 6.57. The van der Waals surface area contributed by atoms with Gasteiger partial charge in [0.25, 0.3) is 0 Å². The zero-order valence-corrected chi connectivity index (χ0v) is 21.0. The molecule has 4 N–H and O–H groups in total.